The Morgan fingerprint density at radius 3 is 2.24 bits per heavy atom. The lowest BCUT2D eigenvalue weighted by molar-refractivity contribution is 0.0695. The molecule has 5 nitrogen and oxygen atoms in total. The zero-order valence-electron chi connectivity index (χ0n) is 12.6. The van der Waals surface area contributed by atoms with E-state index < -0.39 is 11.5 Å². The number of hydrogen-bond acceptors (Lipinski definition) is 2. The topological polar surface area (TPSA) is 64.2 Å². The van der Waals surface area contributed by atoms with Crippen molar-refractivity contribution < 1.29 is 9.90 Å². The van der Waals surface area contributed by atoms with Gasteiger partial charge in [-0.15, -0.1) is 0 Å². The van der Waals surface area contributed by atoms with Crippen molar-refractivity contribution in [3.05, 3.63) is 84.7 Å². The van der Waals surface area contributed by atoms with Crippen LogP contribution in [0.5, 0.6) is 0 Å². The van der Waals surface area contributed by atoms with Gasteiger partial charge < -0.3 is 5.11 Å². The quantitative estimate of drug-likeness (QED) is 0.650. The number of halogens is 3. The van der Waals surface area contributed by atoms with Crippen LogP contribution in [0.4, 0.5) is 0 Å². The van der Waals surface area contributed by atoms with E-state index in [2.05, 4.69) is 15.9 Å². The Hall–Kier alpha value is -2.02. The molecular weight excluding hydrogens is 431 g/mol. The zero-order chi connectivity index (χ0) is 18.1. The van der Waals surface area contributed by atoms with Crippen LogP contribution in [0, 0.1) is 0 Å². The summed E-state index contributed by atoms with van der Waals surface area (Å²) in [4.78, 5) is 23.9. The molecule has 25 heavy (non-hydrogen) atoms. The second kappa shape index (κ2) is 7.07. The average Bonchev–Trinajstić information content (AvgIpc) is 2.89. The molecule has 0 spiro atoms. The number of carboxylic acid groups (broad SMARTS) is 1. The molecule has 1 heterocycles. The molecule has 3 rings (SSSR count). The lowest BCUT2D eigenvalue weighted by Gasteiger charge is -2.13. The average molecular weight is 442 g/mol. The largest absolute Gasteiger partial charge is 0.477 e. The molecule has 0 aliphatic heterocycles. The van der Waals surface area contributed by atoms with Crippen molar-refractivity contribution in [1.29, 1.82) is 0 Å². The van der Waals surface area contributed by atoms with Crippen LogP contribution in [0.1, 0.15) is 15.9 Å². The molecule has 0 bridgehead atoms. The summed E-state index contributed by atoms with van der Waals surface area (Å²) in [6.07, 6.45) is 1.28. The van der Waals surface area contributed by atoms with Gasteiger partial charge in [-0.3, -0.25) is 9.48 Å². The molecule has 1 N–H and O–H groups in total. The van der Waals surface area contributed by atoms with Crippen molar-refractivity contribution in [3.63, 3.8) is 0 Å². The summed E-state index contributed by atoms with van der Waals surface area (Å²) in [6.45, 7) is 0.150. The highest BCUT2D eigenvalue weighted by molar-refractivity contribution is 9.10. The first-order valence-corrected chi connectivity index (χ1v) is 8.68. The molecule has 0 saturated heterocycles. The van der Waals surface area contributed by atoms with Gasteiger partial charge >= 0.3 is 5.97 Å². The molecule has 0 atom stereocenters. The molecule has 0 fully saturated rings. The molecule has 2 aromatic carbocycles. The number of carbonyl (C=O) groups is 1. The minimum Gasteiger partial charge on any atom is -0.477 e. The standard InChI is InChI=1S/C17H11BrCl2N2O3/c18-10-4-6-11(7-5-10)22-16(23)13(17(24)25)9-21(22)8-12-14(19)2-1-3-15(12)20/h1-7,9H,8H2,(H,24,25). The molecule has 0 aliphatic rings. The lowest BCUT2D eigenvalue weighted by Crippen LogP contribution is -2.24. The van der Waals surface area contributed by atoms with Gasteiger partial charge in [-0.2, -0.15) is 0 Å². The second-order valence-electron chi connectivity index (χ2n) is 5.24. The first kappa shape index (κ1) is 17.8. The van der Waals surface area contributed by atoms with Crippen LogP contribution in [0.2, 0.25) is 10.0 Å². The fourth-order valence-corrected chi connectivity index (χ4v) is 3.23. The maximum absolute atomic E-state index is 12.6. The molecule has 128 valence electrons. The highest BCUT2D eigenvalue weighted by atomic mass is 79.9. The van der Waals surface area contributed by atoms with Gasteiger partial charge in [0.15, 0.2) is 0 Å². The first-order valence-electron chi connectivity index (χ1n) is 7.13. The summed E-state index contributed by atoms with van der Waals surface area (Å²) in [5.74, 6) is -1.29. The van der Waals surface area contributed by atoms with E-state index in [1.807, 2.05) is 0 Å². The Morgan fingerprint density at radius 2 is 1.68 bits per heavy atom. The summed E-state index contributed by atoms with van der Waals surface area (Å²) in [5.41, 5.74) is 0.177. The molecule has 0 saturated carbocycles. The molecule has 0 unspecified atom stereocenters. The van der Waals surface area contributed by atoms with Gasteiger partial charge in [0, 0.05) is 26.3 Å². The number of aromatic carboxylic acids is 1. The Kier molecular flexibility index (Phi) is 5.03. The van der Waals surface area contributed by atoms with Gasteiger partial charge in [0.05, 0.1) is 12.2 Å². The van der Waals surface area contributed by atoms with Crippen LogP contribution in [0.25, 0.3) is 5.69 Å². The lowest BCUT2D eigenvalue weighted by atomic mass is 10.2. The van der Waals surface area contributed by atoms with Crippen molar-refractivity contribution in [2.75, 3.05) is 0 Å². The zero-order valence-corrected chi connectivity index (χ0v) is 15.7. The van der Waals surface area contributed by atoms with Crippen molar-refractivity contribution in [1.82, 2.24) is 9.36 Å². The van der Waals surface area contributed by atoms with Crippen LogP contribution in [-0.2, 0) is 6.54 Å². The molecule has 0 aliphatic carbocycles. The van der Waals surface area contributed by atoms with Crippen molar-refractivity contribution in [3.8, 4) is 5.69 Å². The molecule has 1 aromatic heterocycles. The normalized spacial score (nSPS) is 10.8. The molecule has 8 heteroatoms. The number of benzene rings is 2. The second-order valence-corrected chi connectivity index (χ2v) is 6.97. The first-order chi connectivity index (χ1) is 11.9. The van der Waals surface area contributed by atoms with E-state index >= 15 is 0 Å². The Morgan fingerprint density at radius 1 is 1.08 bits per heavy atom. The molecular formula is C17H11BrCl2N2O3. The van der Waals surface area contributed by atoms with Gasteiger partial charge in [0.2, 0.25) is 0 Å². The fourth-order valence-electron chi connectivity index (χ4n) is 2.45. The van der Waals surface area contributed by atoms with E-state index in [1.54, 1.807) is 42.5 Å². The van der Waals surface area contributed by atoms with E-state index in [0.717, 1.165) is 4.47 Å². The Balaban J connectivity index is 2.19. The van der Waals surface area contributed by atoms with Gasteiger partial charge in [0.25, 0.3) is 5.56 Å². The molecule has 0 radical (unpaired) electrons. The van der Waals surface area contributed by atoms with E-state index in [0.29, 0.717) is 21.3 Å². The summed E-state index contributed by atoms with van der Waals surface area (Å²) >= 11 is 15.7. The van der Waals surface area contributed by atoms with Gasteiger partial charge in [-0.25, -0.2) is 9.48 Å². The summed E-state index contributed by atoms with van der Waals surface area (Å²) in [6, 6.07) is 12.0. The highest BCUT2D eigenvalue weighted by Gasteiger charge is 2.19. The van der Waals surface area contributed by atoms with Crippen molar-refractivity contribution >= 4 is 45.1 Å². The number of rotatable bonds is 4. The van der Waals surface area contributed by atoms with Crippen LogP contribution in [0.3, 0.4) is 0 Å². The third-order valence-corrected chi connectivity index (χ3v) is 4.88. The Labute approximate surface area is 161 Å². The number of carboxylic acids is 1. The maximum atomic E-state index is 12.6. The van der Waals surface area contributed by atoms with E-state index in [1.165, 1.54) is 15.6 Å². The van der Waals surface area contributed by atoms with Gasteiger partial charge in [-0.1, -0.05) is 45.2 Å². The molecule has 3 aromatic rings. The number of hydrogen-bond donors (Lipinski definition) is 1. The van der Waals surface area contributed by atoms with E-state index in [4.69, 9.17) is 23.2 Å². The summed E-state index contributed by atoms with van der Waals surface area (Å²) in [5, 5.41) is 10.2. The summed E-state index contributed by atoms with van der Waals surface area (Å²) < 4.78 is 3.62. The van der Waals surface area contributed by atoms with Gasteiger partial charge in [-0.05, 0) is 36.4 Å². The highest BCUT2D eigenvalue weighted by Crippen LogP contribution is 2.25. The number of aromatic nitrogens is 2. The smallest absolute Gasteiger partial charge is 0.342 e. The maximum Gasteiger partial charge on any atom is 0.342 e. The minimum absolute atomic E-state index is 0.150. The monoisotopic (exact) mass is 440 g/mol. The van der Waals surface area contributed by atoms with Crippen LogP contribution < -0.4 is 5.56 Å². The number of nitrogens with zero attached hydrogens (tertiary/aromatic N) is 2. The summed E-state index contributed by atoms with van der Waals surface area (Å²) in [7, 11) is 0. The molecule has 0 amide bonds. The van der Waals surface area contributed by atoms with E-state index in [-0.39, 0.29) is 12.1 Å². The third-order valence-electron chi connectivity index (χ3n) is 3.64. The van der Waals surface area contributed by atoms with Gasteiger partial charge in [0.1, 0.15) is 5.56 Å². The van der Waals surface area contributed by atoms with Crippen molar-refractivity contribution in [2.24, 2.45) is 0 Å². The predicted molar refractivity (Wildman–Crippen MR) is 100 cm³/mol. The minimum atomic E-state index is -1.29. The van der Waals surface area contributed by atoms with Crippen LogP contribution in [0.15, 0.2) is 57.9 Å². The van der Waals surface area contributed by atoms with Crippen LogP contribution in [-0.4, -0.2) is 20.4 Å². The Bertz CT molecular complexity index is 989. The van der Waals surface area contributed by atoms with E-state index in [9.17, 15) is 14.7 Å². The van der Waals surface area contributed by atoms with Crippen molar-refractivity contribution in [2.45, 2.75) is 6.54 Å². The fraction of sp³-hybridized carbons (Fsp3) is 0.0588. The predicted octanol–water partition coefficient (Wildman–Crippen LogP) is 4.45. The third kappa shape index (κ3) is 3.51. The SMILES string of the molecule is O=C(O)c1cn(Cc2c(Cl)cccc2Cl)n(-c2ccc(Br)cc2)c1=O. The van der Waals surface area contributed by atoms with Crippen LogP contribution >= 0.6 is 39.1 Å².